The van der Waals surface area contributed by atoms with E-state index in [1.165, 1.54) is 11.2 Å². The highest BCUT2D eigenvalue weighted by Gasteiger charge is 2.38. The number of likely N-dealkylation sites (tertiary alicyclic amines) is 1. The first-order valence-electron chi connectivity index (χ1n) is 8.38. The lowest BCUT2D eigenvalue weighted by Crippen LogP contribution is -2.56. The van der Waals surface area contributed by atoms with Crippen molar-refractivity contribution in [2.45, 2.75) is 37.4 Å². The van der Waals surface area contributed by atoms with Crippen molar-refractivity contribution in [3.63, 3.8) is 0 Å². The van der Waals surface area contributed by atoms with Crippen LogP contribution in [0.4, 0.5) is 4.79 Å². The van der Waals surface area contributed by atoms with E-state index in [1.54, 1.807) is 6.20 Å². The summed E-state index contributed by atoms with van der Waals surface area (Å²) in [6, 6.07) is -2.78. The number of aromatic amines is 1. The zero-order chi connectivity index (χ0) is 18.7. The summed E-state index contributed by atoms with van der Waals surface area (Å²) in [6.45, 7) is 0.544. The maximum absolute atomic E-state index is 13.0. The molecule has 0 bridgehead atoms. The number of urea groups is 1. The molecule has 5 amide bonds. The van der Waals surface area contributed by atoms with Gasteiger partial charge in [-0.2, -0.15) is 0 Å². The molecule has 2 aliphatic heterocycles. The van der Waals surface area contributed by atoms with E-state index in [0.717, 1.165) is 0 Å². The molecule has 2 saturated heterocycles. The van der Waals surface area contributed by atoms with Crippen LogP contribution in [0.25, 0.3) is 0 Å². The average molecular weight is 363 g/mol. The largest absolute Gasteiger partial charge is 0.368 e. The highest BCUT2D eigenvalue weighted by atomic mass is 16.2. The molecular formula is C15H21N7O4. The standard InChI is InChI=1S/C15H21N7O4/c16-12(23)11-2-1-3-22(11)14(25)9(4-8-5-17-7-19-8)20-13(24)10-6-18-15(26)21-10/h5,7,9-11H,1-4,6H2,(H2,16,23)(H,17,19)(H,20,24)(H2,18,21,26). The Morgan fingerprint density at radius 2 is 2.23 bits per heavy atom. The summed E-state index contributed by atoms with van der Waals surface area (Å²) in [6.07, 6.45) is 4.44. The van der Waals surface area contributed by atoms with E-state index >= 15 is 0 Å². The van der Waals surface area contributed by atoms with Crippen LogP contribution in [-0.2, 0) is 20.8 Å². The highest BCUT2D eigenvalue weighted by molar-refractivity contribution is 5.95. The molecule has 0 saturated carbocycles. The van der Waals surface area contributed by atoms with Crippen molar-refractivity contribution in [1.29, 1.82) is 0 Å². The normalized spacial score (nSPS) is 23.2. The number of imidazole rings is 1. The summed E-state index contributed by atoms with van der Waals surface area (Å²) in [7, 11) is 0. The molecule has 2 fully saturated rings. The Bertz CT molecular complexity index is 705. The zero-order valence-electron chi connectivity index (χ0n) is 14.0. The van der Waals surface area contributed by atoms with Gasteiger partial charge in [-0.1, -0.05) is 0 Å². The van der Waals surface area contributed by atoms with Crippen LogP contribution in [0.3, 0.4) is 0 Å². The van der Waals surface area contributed by atoms with Gasteiger partial charge >= 0.3 is 6.03 Å². The summed E-state index contributed by atoms with van der Waals surface area (Å²) in [5, 5.41) is 7.62. The molecule has 0 aromatic carbocycles. The average Bonchev–Trinajstić information content (AvgIpc) is 3.34. The lowest BCUT2D eigenvalue weighted by atomic mass is 10.1. The Hall–Kier alpha value is -3.11. The van der Waals surface area contributed by atoms with E-state index < -0.39 is 36.0 Å². The second-order valence-corrected chi connectivity index (χ2v) is 6.32. The molecule has 26 heavy (non-hydrogen) atoms. The van der Waals surface area contributed by atoms with Gasteiger partial charge in [0.25, 0.3) is 0 Å². The van der Waals surface area contributed by atoms with Crippen molar-refractivity contribution < 1.29 is 19.2 Å². The number of H-pyrrole nitrogens is 1. The number of primary amides is 1. The predicted molar refractivity (Wildman–Crippen MR) is 88.5 cm³/mol. The van der Waals surface area contributed by atoms with Gasteiger partial charge in [0.05, 0.1) is 12.0 Å². The molecule has 11 heteroatoms. The van der Waals surface area contributed by atoms with E-state index in [0.29, 0.717) is 25.1 Å². The molecular weight excluding hydrogens is 342 g/mol. The van der Waals surface area contributed by atoms with E-state index in [1.807, 2.05) is 0 Å². The van der Waals surface area contributed by atoms with Crippen molar-refractivity contribution >= 4 is 23.8 Å². The fraction of sp³-hybridized carbons (Fsp3) is 0.533. The number of carbonyl (C=O) groups is 4. The van der Waals surface area contributed by atoms with Crippen molar-refractivity contribution in [3.8, 4) is 0 Å². The van der Waals surface area contributed by atoms with Gasteiger partial charge in [0.15, 0.2) is 0 Å². The molecule has 3 atom stereocenters. The Kier molecular flexibility index (Phi) is 5.05. The topological polar surface area (TPSA) is 162 Å². The van der Waals surface area contributed by atoms with Crippen LogP contribution in [0.15, 0.2) is 12.5 Å². The molecule has 3 unspecified atom stereocenters. The van der Waals surface area contributed by atoms with E-state index in [9.17, 15) is 19.2 Å². The van der Waals surface area contributed by atoms with E-state index in [-0.39, 0.29) is 18.9 Å². The Morgan fingerprint density at radius 3 is 2.85 bits per heavy atom. The molecule has 0 spiro atoms. The zero-order valence-corrected chi connectivity index (χ0v) is 14.0. The Morgan fingerprint density at radius 1 is 1.42 bits per heavy atom. The molecule has 3 rings (SSSR count). The number of amides is 5. The van der Waals surface area contributed by atoms with Gasteiger partial charge in [-0.15, -0.1) is 0 Å². The van der Waals surface area contributed by atoms with Crippen LogP contribution in [0.1, 0.15) is 18.5 Å². The predicted octanol–water partition coefficient (Wildman–Crippen LogP) is -2.41. The third-order valence-electron chi connectivity index (χ3n) is 4.54. The third kappa shape index (κ3) is 3.76. The summed E-state index contributed by atoms with van der Waals surface area (Å²) in [5.41, 5.74) is 5.97. The van der Waals surface area contributed by atoms with Gasteiger partial charge < -0.3 is 31.6 Å². The third-order valence-corrected chi connectivity index (χ3v) is 4.54. The van der Waals surface area contributed by atoms with Crippen LogP contribution >= 0.6 is 0 Å². The minimum Gasteiger partial charge on any atom is -0.368 e. The summed E-state index contributed by atoms with van der Waals surface area (Å²) in [4.78, 5) is 56.5. The van der Waals surface area contributed by atoms with Crippen molar-refractivity contribution in [2.75, 3.05) is 13.1 Å². The maximum atomic E-state index is 13.0. The number of nitrogens with one attached hydrogen (secondary N) is 4. The number of rotatable bonds is 6. The number of nitrogens with zero attached hydrogens (tertiary/aromatic N) is 2. The van der Waals surface area contributed by atoms with Crippen molar-refractivity contribution in [1.82, 2.24) is 30.8 Å². The summed E-state index contributed by atoms with van der Waals surface area (Å²) < 4.78 is 0. The first-order chi connectivity index (χ1) is 12.5. The lowest BCUT2D eigenvalue weighted by molar-refractivity contribution is -0.140. The van der Waals surface area contributed by atoms with Gasteiger partial charge in [-0.05, 0) is 12.8 Å². The molecule has 1 aromatic rings. The summed E-state index contributed by atoms with van der Waals surface area (Å²) in [5.74, 6) is -1.43. The van der Waals surface area contributed by atoms with Crippen LogP contribution < -0.4 is 21.7 Å². The van der Waals surface area contributed by atoms with E-state index in [2.05, 4.69) is 25.9 Å². The number of aromatic nitrogens is 2. The second kappa shape index (κ2) is 7.42. The van der Waals surface area contributed by atoms with Crippen molar-refractivity contribution in [3.05, 3.63) is 18.2 Å². The van der Waals surface area contributed by atoms with Crippen LogP contribution in [0, 0.1) is 0 Å². The van der Waals surface area contributed by atoms with Gasteiger partial charge in [0.1, 0.15) is 18.1 Å². The smallest absolute Gasteiger partial charge is 0.315 e. The van der Waals surface area contributed by atoms with Crippen LogP contribution in [-0.4, -0.2) is 69.8 Å². The number of hydrogen-bond donors (Lipinski definition) is 5. The van der Waals surface area contributed by atoms with Crippen molar-refractivity contribution in [2.24, 2.45) is 5.73 Å². The first-order valence-corrected chi connectivity index (χ1v) is 8.38. The minimum absolute atomic E-state index is 0.140. The van der Waals surface area contributed by atoms with Gasteiger partial charge in [-0.3, -0.25) is 14.4 Å². The number of carbonyl (C=O) groups excluding carboxylic acids is 4. The van der Waals surface area contributed by atoms with Crippen LogP contribution in [0.5, 0.6) is 0 Å². The molecule has 6 N–H and O–H groups in total. The number of hydrogen-bond acceptors (Lipinski definition) is 5. The molecule has 2 aliphatic rings. The Labute approximate surface area is 149 Å². The fourth-order valence-electron chi connectivity index (χ4n) is 3.22. The number of nitrogens with two attached hydrogens (primary N) is 1. The summed E-state index contributed by atoms with van der Waals surface area (Å²) >= 11 is 0. The van der Waals surface area contributed by atoms with Gasteiger partial charge in [-0.25, -0.2) is 9.78 Å². The SMILES string of the molecule is NC(=O)C1CCCN1C(=O)C(Cc1c[nH]cn1)NC(=O)C1CNC(=O)N1. The highest BCUT2D eigenvalue weighted by Crippen LogP contribution is 2.19. The second-order valence-electron chi connectivity index (χ2n) is 6.32. The molecule has 140 valence electrons. The minimum atomic E-state index is -0.914. The molecule has 11 nitrogen and oxygen atoms in total. The molecule has 1 aromatic heterocycles. The van der Waals surface area contributed by atoms with Crippen LogP contribution in [0.2, 0.25) is 0 Å². The molecule has 0 radical (unpaired) electrons. The quantitative estimate of drug-likeness (QED) is 0.380. The maximum Gasteiger partial charge on any atom is 0.315 e. The van der Waals surface area contributed by atoms with Gasteiger partial charge in [0.2, 0.25) is 17.7 Å². The fourth-order valence-corrected chi connectivity index (χ4v) is 3.22. The monoisotopic (exact) mass is 363 g/mol. The molecule has 3 heterocycles. The first kappa shape index (κ1) is 17.7. The van der Waals surface area contributed by atoms with Gasteiger partial charge in [0, 0.05) is 25.7 Å². The van der Waals surface area contributed by atoms with E-state index in [4.69, 9.17) is 5.73 Å². The Balaban J connectivity index is 1.74. The lowest BCUT2D eigenvalue weighted by Gasteiger charge is -2.28. The molecule has 0 aliphatic carbocycles.